The summed E-state index contributed by atoms with van der Waals surface area (Å²) in [4.78, 5) is 0. The van der Waals surface area contributed by atoms with E-state index in [2.05, 4.69) is 12.2 Å². The van der Waals surface area contributed by atoms with Gasteiger partial charge in [0.15, 0.2) is 0 Å². The molecule has 1 aliphatic carbocycles. The summed E-state index contributed by atoms with van der Waals surface area (Å²) in [6.07, 6.45) is 4.55. The van der Waals surface area contributed by atoms with E-state index in [0.717, 1.165) is 12.1 Å². The van der Waals surface area contributed by atoms with E-state index >= 15 is 0 Å². The zero-order valence-corrected chi connectivity index (χ0v) is 11.0. The molecule has 1 atom stereocenters. The normalized spacial score (nSPS) is 18.6. The number of hydrogen-bond donors (Lipinski definition) is 2. The lowest BCUT2D eigenvalue weighted by atomic mass is 10.0. The smallest absolute Gasteiger partial charge is 0.123 e. The molecular formula is C15H22FNO. The molecule has 1 unspecified atom stereocenters. The van der Waals surface area contributed by atoms with Crippen LogP contribution in [0.3, 0.4) is 0 Å². The van der Waals surface area contributed by atoms with Crippen molar-refractivity contribution in [3.05, 3.63) is 35.6 Å². The van der Waals surface area contributed by atoms with Gasteiger partial charge in [0.1, 0.15) is 5.82 Å². The van der Waals surface area contributed by atoms with Crippen LogP contribution in [-0.2, 0) is 0 Å². The average Bonchev–Trinajstić information content (AvgIpc) is 3.10. The van der Waals surface area contributed by atoms with Crippen LogP contribution in [0.25, 0.3) is 0 Å². The van der Waals surface area contributed by atoms with Crippen LogP contribution in [0.15, 0.2) is 24.3 Å². The fourth-order valence-electron chi connectivity index (χ4n) is 2.50. The summed E-state index contributed by atoms with van der Waals surface area (Å²) < 4.78 is 12.8. The standard InChI is InChI=1S/C15H22FNO/c1-2-7-15(8-9-15)11-17-10-14(18)12-3-5-13(16)6-4-12/h3-6,14,17-18H,2,7-11H2,1H3. The highest BCUT2D eigenvalue weighted by Crippen LogP contribution is 2.48. The third kappa shape index (κ3) is 3.53. The van der Waals surface area contributed by atoms with Gasteiger partial charge in [0.05, 0.1) is 6.10 Å². The van der Waals surface area contributed by atoms with Crippen LogP contribution in [0.5, 0.6) is 0 Å². The monoisotopic (exact) mass is 251 g/mol. The molecule has 1 fully saturated rings. The zero-order chi connectivity index (χ0) is 13.0. The minimum absolute atomic E-state index is 0.265. The maximum absolute atomic E-state index is 12.8. The molecule has 1 aromatic carbocycles. The van der Waals surface area contributed by atoms with Crippen molar-refractivity contribution < 1.29 is 9.50 Å². The van der Waals surface area contributed by atoms with Crippen LogP contribution in [-0.4, -0.2) is 18.2 Å². The van der Waals surface area contributed by atoms with Gasteiger partial charge >= 0.3 is 0 Å². The minimum Gasteiger partial charge on any atom is -0.387 e. The SMILES string of the molecule is CCCC1(CNCC(O)c2ccc(F)cc2)CC1. The number of rotatable bonds is 7. The summed E-state index contributed by atoms with van der Waals surface area (Å²) in [5.74, 6) is -0.265. The van der Waals surface area contributed by atoms with Crippen LogP contribution in [0.1, 0.15) is 44.3 Å². The van der Waals surface area contributed by atoms with Gasteiger partial charge in [-0.25, -0.2) is 4.39 Å². The van der Waals surface area contributed by atoms with Crippen molar-refractivity contribution in [2.24, 2.45) is 5.41 Å². The zero-order valence-electron chi connectivity index (χ0n) is 11.0. The maximum Gasteiger partial charge on any atom is 0.123 e. The van der Waals surface area contributed by atoms with Gasteiger partial charge in [0.2, 0.25) is 0 Å². The Hall–Kier alpha value is -0.930. The Morgan fingerprint density at radius 1 is 1.33 bits per heavy atom. The van der Waals surface area contributed by atoms with Gasteiger partial charge in [-0.3, -0.25) is 0 Å². The summed E-state index contributed by atoms with van der Waals surface area (Å²) >= 11 is 0. The molecule has 0 aromatic heterocycles. The molecule has 1 aliphatic rings. The topological polar surface area (TPSA) is 32.3 Å². The van der Waals surface area contributed by atoms with Crippen LogP contribution >= 0.6 is 0 Å². The summed E-state index contributed by atoms with van der Waals surface area (Å²) in [6.45, 7) is 3.74. The summed E-state index contributed by atoms with van der Waals surface area (Å²) in [5.41, 5.74) is 1.27. The lowest BCUT2D eigenvalue weighted by Gasteiger charge is -2.17. The molecule has 2 rings (SSSR count). The van der Waals surface area contributed by atoms with E-state index < -0.39 is 6.10 Å². The molecule has 0 radical (unpaired) electrons. The van der Waals surface area contributed by atoms with Crippen molar-refractivity contribution in [3.63, 3.8) is 0 Å². The van der Waals surface area contributed by atoms with E-state index in [1.165, 1.54) is 37.8 Å². The largest absolute Gasteiger partial charge is 0.387 e. The number of aliphatic hydroxyl groups is 1. The quantitative estimate of drug-likeness (QED) is 0.780. The van der Waals surface area contributed by atoms with Crippen molar-refractivity contribution in [1.82, 2.24) is 5.32 Å². The van der Waals surface area contributed by atoms with E-state index in [1.54, 1.807) is 12.1 Å². The predicted octanol–water partition coefficient (Wildman–Crippen LogP) is 3.03. The van der Waals surface area contributed by atoms with Crippen molar-refractivity contribution in [2.75, 3.05) is 13.1 Å². The van der Waals surface area contributed by atoms with Gasteiger partial charge in [-0.05, 0) is 42.4 Å². The molecule has 0 aliphatic heterocycles. The summed E-state index contributed by atoms with van der Waals surface area (Å²) in [5, 5.41) is 13.3. The second-order valence-electron chi connectivity index (χ2n) is 5.45. The first-order valence-corrected chi connectivity index (χ1v) is 6.79. The van der Waals surface area contributed by atoms with Gasteiger partial charge in [0.25, 0.3) is 0 Å². The number of nitrogens with one attached hydrogen (secondary N) is 1. The van der Waals surface area contributed by atoms with Gasteiger partial charge in [0, 0.05) is 13.1 Å². The maximum atomic E-state index is 12.8. The fraction of sp³-hybridized carbons (Fsp3) is 0.600. The lowest BCUT2D eigenvalue weighted by molar-refractivity contribution is 0.171. The predicted molar refractivity (Wildman–Crippen MR) is 70.8 cm³/mol. The number of hydrogen-bond acceptors (Lipinski definition) is 2. The number of aliphatic hydroxyl groups excluding tert-OH is 1. The lowest BCUT2D eigenvalue weighted by Crippen LogP contribution is -2.28. The molecule has 0 heterocycles. The van der Waals surface area contributed by atoms with Gasteiger partial charge in [-0.2, -0.15) is 0 Å². The Kier molecular flexibility index (Phi) is 4.36. The van der Waals surface area contributed by atoms with Crippen LogP contribution in [0, 0.1) is 11.2 Å². The molecular weight excluding hydrogens is 229 g/mol. The Morgan fingerprint density at radius 3 is 2.56 bits per heavy atom. The highest BCUT2D eigenvalue weighted by molar-refractivity contribution is 5.18. The first-order valence-electron chi connectivity index (χ1n) is 6.79. The second-order valence-corrected chi connectivity index (χ2v) is 5.45. The average molecular weight is 251 g/mol. The van der Waals surface area contributed by atoms with E-state index in [0.29, 0.717) is 12.0 Å². The molecule has 0 amide bonds. The highest BCUT2D eigenvalue weighted by Gasteiger charge is 2.40. The van der Waals surface area contributed by atoms with Crippen molar-refractivity contribution in [1.29, 1.82) is 0 Å². The highest BCUT2D eigenvalue weighted by atomic mass is 19.1. The minimum atomic E-state index is -0.553. The second kappa shape index (κ2) is 5.81. The summed E-state index contributed by atoms with van der Waals surface area (Å²) in [7, 11) is 0. The molecule has 2 nitrogen and oxygen atoms in total. The van der Waals surface area contributed by atoms with Crippen molar-refractivity contribution in [3.8, 4) is 0 Å². The fourth-order valence-corrected chi connectivity index (χ4v) is 2.50. The molecule has 3 heteroatoms. The summed E-state index contributed by atoms with van der Waals surface area (Å²) in [6, 6.07) is 6.05. The molecule has 1 saturated carbocycles. The first kappa shape index (κ1) is 13.5. The van der Waals surface area contributed by atoms with E-state index in [-0.39, 0.29) is 5.82 Å². The number of benzene rings is 1. The first-order chi connectivity index (χ1) is 8.65. The molecule has 0 bridgehead atoms. The number of halogens is 1. The van der Waals surface area contributed by atoms with Crippen LogP contribution in [0.4, 0.5) is 4.39 Å². The Bertz CT molecular complexity index is 373. The van der Waals surface area contributed by atoms with Crippen molar-refractivity contribution in [2.45, 2.75) is 38.7 Å². The van der Waals surface area contributed by atoms with Crippen LogP contribution < -0.4 is 5.32 Å². The van der Waals surface area contributed by atoms with E-state index in [4.69, 9.17) is 0 Å². The van der Waals surface area contributed by atoms with Gasteiger partial charge in [-0.15, -0.1) is 0 Å². The Labute approximate surface area is 108 Å². The molecule has 2 N–H and O–H groups in total. The molecule has 0 spiro atoms. The molecule has 18 heavy (non-hydrogen) atoms. The Balaban J connectivity index is 1.75. The molecule has 0 saturated heterocycles. The van der Waals surface area contributed by atoms with Crippen LogP contribution in [0.2, 0.25) is 0 Å². The van der Waals surface area contributed by atoms with Crippen molar-refractivity contribution >= 4 is 0 Å². The van der Waals surface area contributed by atoms with Gasteiger partial charge in [-0.1, -0.05) is 25.5 Å². The Morgan fingerprint density at radius 2 is 2.00 bits per heavy atom. The molecule has 1 aromatic rings. The molecule has 100 valence electrons. The third-order valence-corrected chi connectivity index (χ3v) is 3.83. The van der Waals surface area contributed by atoms with E-state index in [1.807, 2.05) is 0 Å². The van der Waals surface area contributed by atoms with Gasteiger partial charge < -0.3 is 10.4 Å². The van der Waals surface area contributed by atoms with E-state index in [9.17, 15) is 9.50 Å². The third-order valence-electron chi connectivity index (χ3n) is 3.83.